The number of ether oxygens (including phenoxy) is 1. The van der Waals surface area contributed by atoms with E-state index in [-0.39, 0.29) is 5.91 Å². The molecule has 1 amide bonds. The van der Waals surface area contributed by atoms with Gasteiger partial charge in [0.05, 0.1) is 12.3 Å². The van der Waals surface area contributed by atoms with E-state index in [0.717, 1.165) is 63.0 Å². The first-order valence-corrected chi connectivity index (χ1v) is 7.18. The molecule has 0 bridgehead atoms. The minimum Gasteiger partial charge on any atom is -0.381 e. The molecule has 104 valence electrons. The lowest BCUT2D eigenvalue weighted by Crippen LogP contribution is -2.33. The van der Waals surface area contributed by atoms with E-state index >= 15 is 0 Å². The molecule has 3 rings (SSSR count). The number of aromatic nitrogens is 1. The summed E-state index contributed by atoms with van der Waals surface area (Å²) in [5.74, 6) is 0.726. The summed E-state index contributed by atoms with van der Waals surface area (Å²) in [5, 5.41) is 6.96. The van der Waals surface area contributed by atoms with Gasteiger partial charge < -0.3 is 14.6 Å². The van der Waals surface area contributed by atoms with Gasteiger partial charge in [0, 0.05) is 18.7 Å². The Morgan fingerprint density at radius 2 is 2.21 bits per heavy atom. The SMILES string of the molecule is O=C(NCC1CCCOC1)c1onc2c1CCCC2. The van der Waals surface area contributed by atoms with Crippen molar-refractivity contribution < 1.29 is 14.1 Å². The molecule has 1 aromatic rings. The summed E-state index contributed by atoms with van der Waals surface area (Å²) in [4.78, 5) is 12.1. The first kappa shape index (κ1) is 12.7. The van der Waals surface area contributed by atoms with E-state index < -0.39 is 0 Å². The van der Waals surface area contributed by atoms with Gasteiger partial charge in [-0.05, 0) is 44.4 Å². The van der Waals surface area contributed by atoms with Gasteiger partial charge in [0.15, 0.2) is 0 Å². The molecule has 0 radical (unpaired) electrons. The molecule has 1 aliphatic heterocycles. The minimum absolute atomic E-state index is 0.124. The van der Waals surface area contributed by atoms with E-state index in [2.05, 4.69) is 10.5 Å². The smallest absolute Gasteiger partial charge is 0.290 e. The third-order valence-electron chi connectivity index (χ3n) is 3.97. The van der Waals surface area contributed by atoms with Crippen LogP contribution >= 0.6 is 0 Å². The molecule has 1 unspecified atom stereocenters. The third-order valence-corrected chi connectivity index (χ3v) is 3.97. The summed E-state index contributed by atoms with van der Waals surface area (Å²) in [6.07, 6.45) is 6.30. The average molecular weight is 264 g/mol. The highest BCUT2D eigenvalue weighted by Crippen LogP contribution is 2.23. The molecule has 5 nitrogen and oxygen atoms in total. The molecule has 2 aliphatic rings. The number of hydrogen-bond donors (Lipinski definition) is 1. The zero-order valence-electron chi connectivity index (χ0n) is 11.1. The first-order chi connectivity index (χ1) is 9.34. The fraction of sp³-hybridized carbons (Fsp3) is 0.714. The Balaban J connectivity index is 1.59. The predicted octanol–water partition coefficient (Wildman–Crippen LogP) is 1.71. The summed E-state index contributed by atoms with van der Waals surface area (Å²) in [6.45, 7) is 2.25. The Morgan fingerprint density at radius 3 is 3.05 bits per heavy atom. The van der Waals surface area contributed by atoms with Crippen molar-refractivity contribution in [3.63, 3.8) is 0 Å². The van der Waals surface area contributed by atoms with Crippen molar-refractivity contribution in [2.45, 2.75) is 38.5 Å². The lowest BCUT2D eigenvalue weighted by atomic mass is 9.96. The Labute approximate surface area is 112 Å². The minimum atomic E-state index is -0.124. The van der Waals surface area contributed by atoms with Crippen LogP contribution in [0.25, 0.3) is 0 Å². The van der Waals surface area contributed by atoms with E-state index in [1.807, 2.05) is 0 Å². The van der Waals surface area contributed by atoms with E-state index in [1.54, 1.807) is 0 Å². The molecule has 1 aromatic heterocycles. The highest BCUT2D eigenvalue weighted by molar-refractivity contribution is 5.93. The largest absolute Gasteiger partial charge is 0.381 e. The number of aryl methyl sites for hydroxylation is 1. The van der Waals surface area contributed by atoms with Crippen LogP contribution in [0.4, 0.5) is 0 Å². The number of rotatable bonds is 3. The molecule has 5 heteroatoms. The molecule has 1 atom stereocenters. The Bertz CT molecular complexity index is 450. The monoisotopic (exact) mass is 264 g/mol. The molecular formula is C14H20N2O3. The van der Waals surface area contributed by atoms with E-state index in [1.165, 1.54) is 0 Å². The third kappa shape index (κ3) is 2.81. The standard InChI is InChI=1S/C14H20N2O3/c17-14(15-8-10-4-3-7-18-9-10)13-11-5-1-2-6-12(11)16-19-13/h10H,1-9H2,(H,15,17). The van der Waals surface area contributed by atoms with Gasteiger partial charge in [-0.3, -0.25) is 4.79 Å². The fourth-order valence-corrected chi connectivity index (χ4v) is 2.85. The van der Waals surface area contributed by atoms with Crippen molar-refractivity contribution in [3.8, 4) is 0 Å². The molecule has 1 aliphatic carbocycles. The highest BCUT2D eigenvalue weighted by Gasteiger charge is 2.24. The molecule has 0 aromatic carbocycles. The summed E-state index contributed by atoms with van der Waals surface area (Å²) >= 11 is 0. The van der Waals surface area contributed by atoms with Crippen molar-refractivity contribution >= 4 is 5.91 Å². The molecule has 1 fully saturated rings. The molecule has 0 saturated carbocycles. The topological polar surface area (TPSA) is 64.4 Å². The van der Waals surface area contributed by atoms with Gasteiger partial charge in [0.2, 0.25) is 5.76 Å². The van der Waals surface area contributed by atoms with Crippen LogP contribution < -0.4 is 5.32 Å². The first-order valence-electron chi connectivity index (χ1n) is 7.18. The Hall–Kier alpha value is -1.36. The Morgan fingerprint density at radius 1 is 1.32 bits per heavy atom. The van der Waals surface area contributed by atoms with Crippen molar-refractivity contribution in [2.75, 3.05) is 19.8 Å². The van der Waals surface area contributed by atoms with Gasteiger partial charge >= 0.3 is 0 Å². The van der Waals surface area contributed by atoms with E-state index in [9.17, 15) is 4.79 Å². The van der Waals surface area contributed by atoms with Crippen molar-refractivity contribution in [2.24, 2.45) is 5.92 Å². The predicted molar refractivity (Wildman–Crippen MR) is 69.0 cm³/mol. The van der Waals surface area contributed by atoms with Crippen LogP contribution in [0.5, 0.6) is 0 Å². The van der Waals surface area contributed by atoms with Crippen LogP contribution in [0.15, 0.2) is 4.52 Å². The fourth-order valence-electron chi connectivity index (χ4n) is 2.85. The summed E-state index contributed by atoms with van der Waals surface area (Å²) in [7, 11) is 0. The molecular weight excluding hydrogens is 244 g/mol. The second kappa shape index (κ2) is 5.74. The number of hydrogen-bond acceptors (Lipinski definition) is 4. The molecule has 19 heavy (non-hydrogen) atoms. The van der Waals surface area contributed by atoms with Gasteiger partial charge in [-0.15, -0.1) is 0 Å². The van der Waals surface area contributed by atoms with Crippen LogP contribution in [-0.2, 0) is 17.6 Å². The van der Waals surface area contributed by atoms with Crippen LogP contribution in [0.3, 0.4) is 0 Å². The number of fused-ring (bicyclic) bond motifs is 1. The highest BCUT2D eigenvalue weighted by atomic mass is 16.5. The number of nitrogens with zero attached hydrogens (tertiary/aromatic N) is 1. The summed E-state index contributed by atoms with van der Waals surface area (Å²) in [6, 6.07) is 0. The Kier molecular flexibility index (Phi) is 3.82. The maximum Gasteiger partial charge on any atom is 0.290 e. The van der Waals surface area contributed by atoms with Crippen LogP contribution in [0.2, 0.25) is 0 Å². The van der Waals surface area contributed by atoms with Gasteiger partial charge in [-0.2, -0.15) is 0 Å². The van der Waals surface area contributed by atoms with Gasteiger partial charge in [0.1, 0.15) is 0 Å². The average Bonchev–Trinajstić information content (AvgIpc) is 2.90. The van der Waals surface area contributed by atoms with Crippen molar-refractivity contribution in [1.82, 2.24) is 10.5 Å². The van der Waals surface area contributed by atoms with Crippen LogP contribution in [-0.4, -0.2) is 30.8 Å². The van der Waals surface area contributed by atoms with Crippen molar-refractivity contribution in [3.05, 3.63) is 17.0 Å². The number of carbonyl (C=O) groups excluding carboxylic acids is 1. The number of amides is 1. The zero-order chi connectivity index (χ0) is 13.1. The molecule has 0 spiro atoms. The van der Waals surface area contributed by atoms with Crippen LogP contribution in [0, 0.1) is 5.92 Å². The quantitative estimate of drug-likeness (QED) is 0.902. The molecule has 2 heterocycles. The summed E-state index contributed by atoms with van der Waals surface area (Å²) < 4.78 is 10.6. The zero-order valence-corrected chi connectivity index (χ0v) is 11.1. The molecule has 1 N–H and O–H groups in total. The lowest BCUT2D eigenvalue weighted by Gasteiger charge is -2.22. The summed E-state index contributed by atoms with van der Waals surface area (Å²) in [5.41, 5.74) is 1.99. The number of nitrogens with one attached hydrogen (secondary N) is 1. The van der Waals surface area contributed by atoms with E-state index in [4.69, 9.17) is 9.26 Å². The van der Waals surface area contributed by atoms with Crippen LogP contribution in [0.1, 0.15) is 47.5 Å². The van der Waals surface area contributed by atoms with Crippen molar-refractivity contribution in [1.29, 1.82) is 0 Å². The lowest BCUT2D eigenvalue weighted by molar-refractivity contribution is 0.0532. The van der Waals surface area contributed by atoms with E-state index in [0.29, 0.717) is 18.2 Å². The van der Waals surface area contributed by atoms with Gasteiger partial charge in [-0.1, -0.05) is 5.16 Å². The van der Waals surface area contributed by atoms with Gasteiger partial charge in [0.25, 0.3) is 5.91 Å². The normalized spacial score (nSPS) is 22.8. The second-order valence-corrected chi connectivity index (χ2v) is 5.44. The van der Waals surface area contributed by atoms with Gasteiger partial charge in [-0.25, -0.2) is 0 Å². The maximum absolute atomic E-state index is 12.1. The number of carbonyl (C=O) groups is 1. The second-order valence-electron chi connectivity index (χ2n) is 5.44. The maximum atomic E-state index is 12.1. The molecule has 1 saturated heterocycles.